The number of hydrogen-bond acceptors (Lipinski definition) is 1. The summed E-state index contributed by atoms with van der Waals surface area (Å²) in [4.78, 5) is 11.3. The van der Waals surface area contributed by atoms with Crippen molar-refractivity contribution in [2.24, 2.45) is 0 Å². The van der Waals surface area contributed by atoms with Gasteiger partial charge in [-0.3, -0.25) is 4.79 Å². The van der Waals surface area contributed by atoms with Crippen molar-refractivity contribution >= 4 is 33.3 Å². The molecule has 0 saturated carbocycles. The molecule has 0 amide bonds. The second-order valence-electron chi connectivity index (χ2n) is 2.52. The molecule has 1 aromatic rings. The molecular weight excluding hydrogens is 258 g/mol. The molecule has 1 nitrogen and oxygen atoms in total. The summed E-state index contributed by atoms with van der Waals surface area (Å²) in [6.07, 6.45) is 0.359. The van der Waals surface area contributed by atoms with Crippen LogP contribution in [0.15, 0.2) is 16.6 Å². The second kappa shape index (κ2) is 4.20. The van der Waals surface area contributed by atoms with Crippen LogP contribution in [-0.4, -0.2) is 5.78 Å². The Hall–Kier alpha value is -0.410. The molecule has 1 rings (SSSR count). The number of rotatable bonds is 2. The molecule has 0 unspecified atom stereocenters. The fourth-order valence-electron chi connectivity index (χ4n) is 0.927. The summed E-state index contributed by atoms with van der Waals surface area (Å²) >= 11 is 8.69. The Morgan fingerprint density at radius 3 is 2.77 bits per heavy atom. The first-order valence-electron chi connectivity index (χ1n) is 3.74. The van der Waals surface area contributed by atoms with E-state index < -0.39 is 5.82 Å². The van der Waals surface area contributed by atoms with Gasteiger partial charge in [-0.2, -0.15) is 0 Å². The van der Waals surface area contributed by atoms with Crippen LogP contribution >= 0.6 is 27.5 Å². The maximum absolute atomic E-state index is 12.9. The van der Waals surface area contributed by atoms with E-state index in [2.05, 4.69) is 15.9 Å². The van der Waals surface area contributed by atoms with E-state index in [0.29, 0.717) is 12.0 Å². The molecule has 13 heavy (non-hydrogen) atoms. The van der Waals surface area contributed by atoms with Gasteiger partial charge in [0.05, 0.1) is 9.50 Å². The van der Waals surface area contributed by atoms with Gasteiger partial charge < -0.3 is 0 Å². The molecule has 0 spiro atoms. The molecule has 1 aromatic carbocycles. The van der Waals surface area contributed by atoms with Crippen LogP contribution in [-0.2, 0) is 0 Å². The smallest absolute Gasteiger partial charge is 0.164 e. The highest BCUT2D eigenvalue weighted by Crippen LogP contribution is 2.25. The lowest BCUT2D eigenvalue weighted by Gasteiger charge is -2.02. The Morgan fingerprint density at radius 1 is 1.62 bits per heavy atom. The molecule has 0 bridgehead atoms. The van der Waals surface area contributed by atoms with Gasteiger partial charge in [0.2, 0.25) is 0 Å². The van der Waals surface area contributed by atoms with Crippen molar-refractivity contribution in [3.05, 3.63) is 33.0 Å². The quantitative estimate of drug-likeness (QED) is 0.586. The Labute approximate surface area is 89.0 Å². The molecule has 0 aliphatic heterocycles. The molecular formula is C9H7BrClFO. The van der Waals surface area contributed by atoms with E-state index in [-0.39, 0.29) is 15.3 Å². The first-order valence-corrected chi connectivity index (χ1v) is 4.91. The third kappa shape index (κ3) is 2.29. The van der Waals surface area contributed by atoms with Gasteiger partial charge in [-0.05, 0) is 28.1 Å². The zero-order chi connectivity index (χ0) is 10.0. The van der Waals surface area contributed by atoms with E-state index >= 15 is 0 Å². The number of hydrogen-bond donors (Lipinski definition) is 0. The average molecular weight is 266 g/mol. The Bertz CT molecular complexity index is 352. The van der Waals surface area contributed by atoms with Gasteiger partial charge in [0, 0.05) is 12.0 Å². The SMILES string of the molecule is CCC(=O)c1cc(Br)c(F)cc1Cl. The minimum absolute atomic E-state index is 0.0919. The maximum atomic E-state index is 12.9. The van der Waals surface area contributed by atoms with Crippen LogP contribution in [0.3, 0.4) is 0 Å². The molecule has 0 N–H and O–H groups in total. The Morgan fingerprint density at radius 2 is 2.23 bits per heavy atom. The van der Waals surface area contributed by atoms with E-state index in [4.69, 9.17) is 11.6 Å². The van der Waals surface area contributed by atoms with Crippen LogP contribution in [0.25, 0.3) is 0 Å². The minimum atomic E-state index is -0.461. The molecule has 70 valence electrons. The van der Waals surface area contributed by atoms with Crippen LogP contribution in [0.1, 0.15) is 23.7 Å². The number of benzene rings is 1. The predicted molar refractivity (Wildman–Crippen MR) is 53.7 cm³/mol. The minimum Gasteiger partial charge on any atom is -0.294 e. The molecule has 0 heterocycles. The fourth-order valence-corrected chi connectivity index (χ4v) is 1.53. The summed E-state index contributed by atoms with van der Waals surface area (Å²) < 4.78 is 13.1. The van der Waals surface area contributed by atoms with Crippen LogP contribution in [0.2, 0.25) is 5.02 Å². The summed E-state index contributed by atoms with van der Waals surface area (Å²) in [5.74, 6) is -0.552. The molecule has 0 aliphatic carbocycles. The highest BCUT2D eigenvalue weighted by Gasteiger charge is 2.11. The van der Waals surface area contributed by atoms with Gasteiger partial charge in [0.1, 0.15) is 5.82 Å². The Balaban J connectivity index is 3.23. The first kappa shape index (κ1) is 10.7. The van der Waals surface area contributed by atoms with E-state index in [1.54, 1.807) is 6.92 Å². The van der Waals surface area contributed by atoms with Gasteiger partial charge in [-0.1, -0.05) is 18.5 Å². The van der Waals surface area contributed by atoms with Crippen molar-refractivity contribution in [2.45, 2.75) is 13.3 Å². The van der Waals surface area contributed by atoms with Crippen LogP contribution in [0.5, 0.6) is 0 Å². The average Bonchev–Trinajstić information content (AvgIpc) is 2.10. The molecule has 0 saturated heterocycles. The van der Waals surface area contributed by atoms with E-state index in [1.807, 2.05) is 0 Å². The highest BCUT2D eigenvalue weighted by molar-refractivity contribution is 9.10. The molecule has 0 aliphatic rings. The van der Waals surface area contributed by atoms with E-state index in [1.165, 1.54) is 6.07 Å². The monoisotopic (exact) mass is 264 g/mol. The van der Waals surface area contributed by atoms with Crippen molar-refractivity contribution in [2.75, 3.05) is 0 Å². The first-order chi connectivity index (χ1) is 6.06. The van der Waals surface area contributed by atoms with Gasteiger partial charge in [0.25, 0.3) is 0 Å². The molecule has 0 aromatic heterocycles. The number of halogens is 3. The lowest BCUT2D eigenvalue weighted by atomic mass is 10.1. The third-order valence-corrected chi connectivity index (χ3v) is 2.55. The van der Waals surface area contributed by atoms with Gasteiger partial charge in [-0.15, -0.1) is 0 Å². The molecule has 0 radical (unpaired) electrons. The predicted octanol–water partition coefficient (Wildman–Crippen LogP) is 3.83. The largest absolute Gasteiger partial charge is 0.294 e. The Kier molecular flexibility index (Phi) is 3.45. The van der Waals surface area contributed by atoms with Crippen LogP contribution in [0, 0.1) is 5.82 Å². The molecule has 0 fully saturated rings. The number of carbonyl (C=O) groups is 1. The standard InChI is InChI=1S/C9H7BrClFO/c1-2-9(13)5-3-6(10)8(12)4-7(5)11/h3-4H,2H2,1H3. The van der Waals surface area contributed by atoms with E-state index in [9.17, 15) is 9.18 Å². The molecule has 0 atom stereocenters. The fraction of sp³-hybridized carbons (Fsp3) is 0.222. The maximum Gasteiger partial charge on any atom is 0.164 e. The highest BCUT2D eigenvalue weighted by atomic mass is 79.9. The summed E-state index contributed by atoms with van der Waals surface area (Å²) in [7, 11) is 0. The van der Waals surface area contributed by atoms with Crippen molar-refractivity contribution < 1.29 is 9.18 Å². The summed E-state index contributed by atoms with van der Waals surface area (Å²) in [5, 5.41) is 0.160. The summed E-state index contributed by atoms with van der Waals surface area (Å²) in [6.45, 7) is 1.73. The topological polar surface area (TPSA) is 17.1 Å². The third-order valence-electron chi connectivity index (χ3n) is 1.63. The van der Waals surface area contributed by atoms with Gasteiger partial charge >= 0.3 is 0 Å². The van der Waals surface area contributed by atoms with Crippen LogP contribution < -0.4 is 0 Å². The molecule has 4 heteroatoms. The van der Waals surface area contributed by atoms with Gasteiger partial charge in [0.15, 0.2) is 5.78 Å². The zero-order valence-electron chi connectivity index (χ0n) is 6.90. The zero-order valence-corrected chi connectivity index (χ0v) is 9.25. The number of ketones is 1. The number of Topliss-reactive ketones (excluding diaryl/α,β-unsaturated/α-hetero) is 1. The van der Waals surface area contributed by atoms with Gasteiger partial charge in [-0.25, -0.2) is 4.39 Å². The lowest BCUT2D eigenvalue weighted by Crippen LogP contribution is -1.98. The van der Waals surface area contributed by atoms with Crippen molar-refractivity contribution in [1.29, 1.82) is 0 Å². The van der Waals surface area contributed by atoms with Crippen molar-refractivity contribution in [3.63, 3.8) is 0 Å². The lowest BCUT2D eigenvalue weighted by molar-refractivity contribution is 0.0988. The van der Waals surface area contributed by atoms with Crippen molar-refractivity contribution in [3.8, 4) is 0 Å². The second-order valence-corrected chi connectivity index (χ2v) is 3.78. The number of carbonyl (C=O) groups excluding carboxylic acids is 1. The normalized spacial score (nSPS) is 10.2. The van der Waals surface area contributed by atoms with Crippen molar-refractivity contribution in [1.82, 2.24) is 0 Å². The van der Waals surface area contributed by atoms with E-state index in [0.717, 1.165) is 6.07 Å². The summed E-state index contributed by atoms with van der Waals surface area (Å²) in [5.41, 5.74) is 0.359. The summed E-state index contributed by atoms with van der Waals surface area (Å²) in [6, 6.07) is 2.54. The van der Waals surface area contributed by atoms with Crippen LogP contribution in [0.4, 0.5) is 4.39 Å².